The van der Waals surface area contributed by atoms with Crippen molar-refractivity contribution in [1.29, 1.82) is 0 Å². The Morgan fingerprint density at radius 1 is 1.00 bits per heavy atom. The minimum absolute atomic E-state index is 0.327. The molecule has 0 saturated carbocycles. The molecule has 0 bridgehead atoms. The van der Waals surface area contributed by atoms with Crippen LogP contribution in [0.4, 0.5) is 0 Å². The molecule has 3 aromatic heterocycles. The Balaban J connectivity index is 2.06. The lowest BCUT2D eigenvalue weighted by Crippen LogP contribution is -2.29. The van der Waals surface area contributed by atoms with E-state index in [4.69, 9.17) is 0 Å². The second kappa shape index (κ2) is 6.66. The summed E-state index contributed by atoms with van der Waals surface area (Å²) in [6.07, 6.45) is 2.98. The van der Waals surface area contributed by atoms with Gasteiger partial charge in [0.1, 0.15) is 11.4 Å². The van der Waals surface area contributed by atoms with Crippen molar-refractivity contribution in [3.63, 3.8) is 0 Å². The lowest BCUT2D eigenvalue weighted by Gasteiger charge is -2.10. The van der Waals surface area contributed by atoms with Crippen LogP contribution in [0.15, 0.2) is 59.7 Å². The molecule has 0 saturated heterocycles. The Morgan fingerprint density at radius 2 is 1.71 bits per heavy atom. The van der Waals surface area contributed by atoms with E-state index in [1.165, 1.54) is 20.3 Å². The van der Waals surface area contributed by atoms with Crippen molar-refractivity contribution in [3.8, 4) is 22.6 Å². The number of aromatic amines is 1. The summed E-state index contributed by atoms with van der Waals surface area (Å²) in [5.41, 5.74) is 1.36. The van der Waals surface area contributed by atoms with Crippen molar-refractivity contribution in [2.45, 2.75) is 0 Å². The number of hydrogen-bond donors (Lipinski definition) is 1. The van der Waals surface area contributed by atoms with Gasteiger partial charge in [0.25, 0.3) is 5.56 Å². The smallest absolute Gasteiger partial charge is 0.267 e. The summed E-state index contributed by atoms with van der Waals surface area (Å²) in [7, 11) is -1.00. The molecule has 0 amide bonds. The molecule has 0 atom stereocenters. The van der Waals surface area contributed by atoms with Crippen LogP contribution in [0.1, 0.15) is 0 Å². The molecule has 9 nitrogen and oxygen atoms in total. The zero-order valence-electron chi connectivity index (χ0n) is 15.1. The number of fused-ring (bicyclic) bond motifs is 1. The van der Waals surface area contributed by atoms with Crippen LogP contribution in [-0.4, -0.2) is 51.2 Å². The highest BCUT2D eigenvalue weighted by Crippen LogP contribution is 2.32. The Hall–Kier alpha value is -3.37. The van der Waals surface area contributed by atoms with Crippen LogP contribution in [0.5, 0.6) is 0 Å². The molecule has 0 radical (unpaired) electrons. The van der Waals surface area contributed by atoms with Crippen molar-refractivity contribution in [1.82, 2.24) is 28.7 Å². The molecule has 1 N–H and O–H groups in total. The number of aromatic nitrogens is 5. The van der Waals surface area contributed by atoms with Gasteiger partial charge in [0.15, 0.2) is 0 Å². The van der Waals surface area contributed by atoms with Gasteiger partial charge in [0.05, 0.1) is 22.8 Å². The quantitative estimate of drug-likeness (QED) is 0.559. The molecule has 10 heteroatoms. The third kappa shape index (κ3) is 2.88. The maximum Gasteiger partial charge on any atom is 0.322 e. The first kappa shape index (κ1) is 18.0. The van der Waals surface area contributed by atoms with E-state index in [9.17, 15) is 13.2 Å². The lowest BCUT2D eigenvalue weighted by atomic mass is 10.0. The van der Waals surface area contributed by atoms with Crippen LogP contribution in [0.25, 0.3) is 33.4 Å². The fourth-order valence-electron chi connectivity index (χ4n) is 2.82. The summed E-state index contributed by atoms with van der Waals surface area (Å²) in [6, 6.07) is 12.2. The Morgan fingerprint density at radius 3 is 2.39 bits per heavy atom. The van der Waals surface area contributed by atoms with Gasteiger partial charge in [-0.2, -0.15) is 27.0 Å². The van der Waals surface area contributed by atoms with Crippen molar-refractivity contribution in [2.75, 3.05) is 14.1 Å². The van der Waals surface area contributed by atoms with E-state index < -0.39 is 10.2 Å². The second-order valence-corrected chi connectivity index (χ2v) is 8.22. The predicted octanol–water partition coefficient (Wildman–Crippen LogP) is 1.50. The second-order valence-electron chi connectivity index (χ2n) is 6.22. The molecule has 0 fully saturated rings. The maximum atomic E-state index is 12.6. The van der Waals surface area contributed by atoms with Gasteiger partial charge in [0.2, 0.25) is 0 Å². The van der Waals surface area contributed by atoms with Gasteiger partial charge >= 0.3 is 10.2 Å². The first-order valence-electron chi connectivity index (χ1n) is 8.31. The topological polar surface area (TPSA) is 114 Å². The maximum absolute atomic E-state index is 12.6. The minimum Gasteiger partial charge on any atom is -0.267 e. The number of pyridine rings is 1. The summed E-state index contributed by atoms with van der Waals surface area (Å²) in [6.45, 7) is 0. The monoisotopic (exact) mass is 396 g/mol. The normalized spacial score (nSPS) is 12.0. The summed E-state index contributed by atoms with van der Waals surface area (Å²) in [5.74, 6) is 0. The van der Waals surface area contributed by atoms with E-state index >= 15 is 0 Å². The summed E-state index contributed by atoms with van der Waals surface area (Å²) in [5, 5.41) is 12.0. The predicted molar refractivity (Wildman–Crippen MR) is 105 cm³/mol. The summed E-state index contributed by atoms with van der Waals surface area (Å²) < 4.78 is 27.2. The molecular weight excluding hydrogens is 380 g/mol. The molecule has 0 spiro atoms. The Bertz CT molecular complexity index is 1330. The highest BCUT2D eigenvalue weighted by molar-refractivity contribution is 7.87. The summed E-state index contributed by atoms with van der Waals surface area (Å²) in [4.78, 5) is 16.4. The lowest BCUT2D eigenvalue weighted by molar-refractivity contribution is 0.504. The fourth-order valence-corrected chi connectivity index (χ4v) is 3.58. The van der Waals surface area contributed by atoms with Gasteiger partial charge in [-0.15, -0.1) is 0 Å². The Labute approximate surface area is 160 Å². The highest BCUT2D eigenvalue weighted by Gasteiger charge is 2.24. The zero-order chi connectivity index (χ0) is 19.9. The molecule has 4 aromatic rings. The molecular formula is C18H16N6O3S. The molecule has 0 unspecified atom stereocenters. The van der Waals surface area contributed by atoms with E-state index in [1.54, 1.807) is 48.7 Å². The van der Waals surface area contributed by atoms with E-state index in [1.807, 2.05) is 0 Å². The molecule has 142 valence electrons. The molecule has 4 rings (SSSR count). The van der Waals surface area contributed by atoms with Gasteiger partial charge in [-0.05, 0) is 18.2 Å². The van der Waals surface area contributed by atoms with Crippen molar-refractivity contribution >= 4 is 21.0 Å². The van der Waals surface area contributed by atoms with E-state index in [2.05, 4.69) is 20.3 Å². The third-order valence-corrected chi connectivity index (χ3v) is 5.83. The Kier molecular flexibility index (Phi) is 4.28. The van der Waals surface area contributed by atoms with Crippen LogP contribution >= 0.6 is 0 Å². The fraction of sp³-hybridized carbons (Fsp3) is 0.111. The molecule has 0 aliphatic heterocycles. The van der Waals surface area contributed by atoms with Gasteiger partial charge in [0, 0.05) is 25.7 Å². The first-order chi connectivity index (χ1) is 13.4. The molecule has 1 aromatic carbocycles. The van der Waals surface area contributed by atoms with Crippen molar-refractivity contribution < 1.29 is 8.42 Å². The number of H-pyrrole nitrogens is 1. The van der Waals surface area contributed by atoms with E-state index in [0.29, 0.717) is 33.4 Å². The van der Waals surface area contributed by atoms with Gasteiger partial charge in [-0.25, -0.2) is 5.10 Å². The SMILES string of the molecule is CN(C)S(=O)(=O)n1cc(-c2n[nH]c(=O)c3ccccc23)c(-c2ccccn2)n1. The van der Waals surface area contributed by atoms with Gasteiger partial charge in [-0.3, -0.25) is 9.78 Å². The van der Waals surface area contributed by atoms with E-state index in [0.717, 1.165) is 8.39 Å². The average Bonchev–Trinajstić information content (AvgIpc) is 3.15. The number of nitrogens with one attached hydrogen (secondary N) is 1. The number of rotatable bonds is 4. The largest absolute Gasteiger partial charge is 0.322 e. The minimum atomic E-state index is -3.84. The molecule has 0 aliphatic rings. The van der Waals surface area contributed by atoms with Crippen molar-refractivity contribution in [3.05, 3.63) is 65.2 Å². The first-order valence-corrected chi connectivity index (χ1v) is 9.71. The zero-order valence-corrected chi connectivity index (χ0v) is 15.9. The van der Waals surface area contributed by atoms with Gasteiger partial charge < -0.3 is 0 Å². The number of benzene rings is 1. The number of nitrogens with zero attached hydrogens (tertiary/aromatic N) is 5. The molecule has 28 heavy (non-hydrogen) atoms. The molecule has 0 aliphatic carbocycles. The van der Waals surface area contributed by atoms with Crippen LogP contribution in [0.3, 0.4) is 0 Å². The van der Waals surface area contributed by atoms with E-state index in [-0.39, 0.29) is 5.56 Å². The van der Waals surface area contributed by atoms with Crippen molar-refractivity contribution in [2.24, 2.45) is 0 Å². The van der Waals surface area contributed by atoms with Gasteiger partial charge in [-0.1, -0.05) is 24.3 Å². The molecule has 3 heterocycles. The van der Waals surface area contributed by atoms with Crippen LogP contribution < -0.4 is 5.56 Å². The summed E-state index contributed by atoms with van der Waals surface area (Å²) >= 11 is 0. The third-order valence-electron chi connectivity index (χ3n) is 4.25. The highest BCUT2D eigenvalue weighted by atomic mass is 32.2. The standard InChI is InChI=1S/C18H16N6O3S/c1-23(2)28(26,27)24-11-14(17(22-24)15-9-5-6-10-19-15)16-12-7-3-4-8-13(12)18(25)21-20-16/h3-11H,1-2H3,(H,21,25). The van der Waals surface area contributed by atoms with Crippen LogP contribution in [0.2, 0.25) is 0 Å². The number of hydrogen-bond acceptors (Lipinski definition) is 6. The average molecular weight is 396 g/mol. The van der Waals surface area contributed by atoms with Crippen LogP contribution in [-0.2, 0) is 10.2 Å². The van der Waals surface area contributed by atoms with Crippen LogP contribution in [0, 0.1) is 0 Å².